The molecule has 0 spiro atoms. The molecule has 0 aliphatic rings. The molecule has 1 N–H and O–H groups in total. The van der Waals surface area contributed by atoms with Crippen LogP contribution in [0.1, 0.15) is 21.7 Å². The molecule has 0 saturated carbocycles. The number of nitrogens with zero attached hydrogens (tertiary/aromatic N) is 2. The van der Waals surface area contributed by atoms with Crippen LogP contribution in [0.4, 0.5) is 0 Å². The van der Waals surface area contributed by atoms with E-state index < -0.39 is 21.0 Å². The third-order valence-corrected chi connectivity index (χ3v) is 8.14. The molecule has 0 bridgehead atoms. The molecule has 1 unspecified atom stereocenters. The second-order valence-corrected chi connectivity index (χ2v) is 10.8. The van der Waals surface area contributed by atoms with E-state index in [0.29, 0.717) is 17.0 Å². The van der Waals surface area contributed by atoms with Crippen molar-refractivity contribution in [3.05, 3.63) is 71.1 Å². The van der Waals surface area contributed by atoms with E-state index in [1.54, 1.807) is 13.0 Å². The molecule has 0 fully saturated rings. The molecule has 2 heterocycles. The highest BCUT2D eigenvalue weighted by molar-refractivity contribution is 7.92. The van der Waals surface area contributed by atoms with E-state index >= 15 is 0 Å². The molecule has 2 aromatic carbocycles. The van der Waals surface area contributed by atoms with E-state index in [1.807, 2.05) is 48.5 Å². The third-order valence-electron chi connectivity index (χ3n) is 5.02. The summed E-state index contributed by atoms with van der Waals surface area (Å²) in [5.41, 5.74) is 3.34. The zero-order valence-corrected chi connectivity index (χ0v) is 19.8. The van der Waals surface area contributed by atoms with Gasteiger partial charge in [-0.25, -0.2) is 13.4 Å². The van der Waals surface area contributed by atoms with Crippen LogP contribution < -0.4 is 5.32 Å². The first-order chi connectivity index (χ1) is 15.9. The van der Waals surface area contributed by atoms with Crippen molar-refractivity contribution in [2.75, 3.05) is 19.5 Å². The number of thiazole rings is 1. The van der Waals surface area contributed by atoms with Crippen LogP contribution in [0.2, 0.25) is 0 Å². The van der Waals surface area contributed by atoms with Crippen LogP contribution in [0.3, 0.4) is 0 Å². The summed E-state index contributed by atoms with van der Waals surface area (Å²) in [7, 11) is -2.46. The fourth-order valence-corrected chi connectivity index (χ4v) is 6.35. The van der Waals surface area contributed by atoms with Gasteiger partial charge in [0.05, 0.1) is 34.8 Å². The van der Waals surface area contributed by atoms with Crippen molar-refractivity contribution in [2.45, 2.75) is 18.7 Å². The zero-order valence-electron chi connectivity index (χ0n) is 18.1. The van der Waals surface area contributed by atoms with Crippen LogP contribution in [0, 0.1) is 6.92 Å². The highest BCUT2D eigenvalue weighted by atomic mass is 32.2. The van der Waals surface area contributed by atoms with Crippen molar-refractivity contribution in [1.82, 2.24) is 15.5 Å². The fourth-order valence-electron chi connectivity index (χ4n) is 3.38. The molecule has 1 atom stereocenters. The van der Waals surface area contributed by atoms with Gasteiger partial charge in [0.2, 0.25) is 5.91 Å². The van der Waals surface area contributed by atoms with Crippen LogP contribution in [0.25, 0.3) is 21.3 Å². The van der Waals surface area contributed by atoms with Crippen molar-refractivity contribution < 1.29 is 22.5 Å². The van der Waals surface area contributed by atoms with Gasteiger partial charge in [0.15, 0.2) is 20.8 Å². The second kappa shape index (κ2) is 9.82. The van der Waals surface area contributed by atoms with Gasteiger partial charge in [0.25, 0.3) is 0 Å². The monoisotopic (exact) mass is 485 g/mol. The second-order valence-electron chi connectivity index (χ2n) is 7.49. The lowest BCUT2D eigenvalue weighted by atomic mass is 10.1. The summed E-state index contributed by atoms with van der Waals surface area (Å²) in [6.07, 6.45) is 0. The Morgan fingerprint density at radius 3 is 2.64 bits per heavy atom. The van der Waals surface area contributed by atoms with Crippen molar-refractivity contribution in [3.63, 3.8) is 0 Å². The Bertz CT molecular complexity index is 1360. The molecule has 2 aromatic heterocycles. The maximum Gasteiger partial charge on any atom is 0.245 e. The number of methoxy groups -OCH3 is 1. The average molecular weight is 486 g/mol. The molecule has 8 nitrogen and oxygen atoms in total. The number of carbonyl (C=O) groups excluding carboxylic acids is 1. The molecule has 4 aromatic rings. The summed E-state index contributed by atoms with van der Waals surface area (Å²) < 4.78 is 37.1. The van der Waals surface area contributed by atoms with Gasteiger partial charge in [-0.05, 0) is 30.2 Å². The fraction of sp³-hybridized carbons (Fsp3) is 0.261. The summed E-state index contributed by atoms with van der Waals surface area (Å²) >= 11 is 1.20. The summed E-state index contributed by atoms with van der Waals surface area (Å²) in [5.74, 6) is -0.526. The van der Waals surface area contributed by atoms with Crippen LogP contribution in [-0.4, -0.2) is 43.9 Å². The Morgan fingerprint density at radius 2 is 1.94 bits per heavy atom. The molecule has 1 amide bonds. The summed E-state index contributed by atoms with van der Waals surface area (Å²) in [5, 5.41) is 5.20. The van der Waals surface area contributed by atoms with Gasteiger partial charge in [-0.2, -0.15) is 0 Å². The van der Waals surface area contributed by atoms with Crippen molar-refractivity contribution >= 4 is 37.3 Å². The normalized spacial score (nSPS) is 12.7. The topological polar surface area (TPSA) is 111 Å². The number of aryl methyl sites for hydroxylation is 1. The quantitative estimate of drug-likeness (QED) is 0.385. The van der Waals surface area contributed by atoms with Crippen LogP contribution >= 0.6 is 11.3 Å². The maximum atomic E-state index is 13.1. The largest absolute Gasteiger partial charge is 0.384 e. The Kier molecular flexibility index (Phi) is 6.87. The van der Waals surface area contributed by atoms with Gasteiger partial charge in [-0.1, -0.05) is 41.6 Å². The van der Waals surface area contributed by atoms with E-state index in [0.717, 1.165) is 15.8 Å². The van der Waals surface area contributed by atoms with Crippen LogP contribution in [0.15, 0.2) is 59.1 Å². The van der Waals surface area contributed by atoms with E-state index in [2.05, 4.69) is 15.5 Å². The molecule has 4 rings (SSSR count). The smallest absolute Gasteiger partial charge is 0.245 e. The number of fused-ring (bicyclic) bond motifs is 1. The Morgan fingerprint density at radius 1 is 1.15 bits per heavy atom. The van der Waals surface area contributed by atoms with Crippen molar-refractivity contribution in [3.8, 4) is 11.1 Å². The maximum absolute atomic E-state index is 13.1. The van der Waals surface area contributed by atoms with Gasteiger partial charge in [0.1, 0.15) is 5.01 Å². The number of nitrogens with one attached hydrogen (secondary N) is 1. The van der Waals surface area contributed by atoms with Crippen molar-refractivity contribution in [1.29, 1.82) is 0 Å². The minimum Gasteiger partial charge on any atom is -0.384 e. The lowest BCUT2D eigenvalue weighted by Crippen LogP contribution is -2.35. The molecule has 0 saturated heterocycles. The van der Waals surface area contributed by atoms with Gasteiger partial charge < -0.3 is 14.6 Å². The number of sulfone groups is 1. The lowest BCUT2D eigenvalue weighted by molar-refractivity contribution is -0.121. The number of hydrogen-bond donors (Lipinski definition) is 1. The van der Waals surface area contributed by atoms with Gasteiger partial charge >= 0.3 is 0 Å². The van der Waals surface area contributed by atoms with Gasteiger partial charge in [-0.3, -0.25) is 4.79 Å². The van der Waals surface area contributed by atoms with E-state index in [9.17, 15) is 13.2 Å². The number of carbonyl (C=O) groups is 1. The summed E-state index contributed by atoms with van der Waals surface area (Å²) in [6, 6.07) is 17.3. The first kappa shape index (κ1) is 23.1. The zero-order chi connectivity index (χ0) is 23.4. The van der Waals surface area contributed by atoms with Crippen LogP contribution in [-0.2, 0) is 25.9 Å². The van der Waals surface area contributed by atoms with Gasteiger partial charge in [0, 0.05) is 13.2 Å². The van der Waals surface area contributed by atoms with E-state index in [1.165, 1.54) is 18.4 Å². The number of benzene rings is 2. The first-order valence-corrected chi connectivity index (χ1v) is 12.8. The highest BCUT2D eigenvalue weighted by Crippen LogP contribution is 2.34. The molecule has 33 heavy (non-hydrogen) atoms. The van der Waals surface area contributed by atoms with Gasteiger partial charge in [-0.15, -0.1) is 11.3 Å². The third kappa shape index (κ3) is 5.29. The molecule has 10 heteroatoms. The van der Waals surface area contributed by atoms with Crippen molar-refractivity contribution in [2.24, 2.45) is 0 Å². The summed E-state index contributed by atoms with van der Waals surface area (Å²) in [6.45, 7) is 1.77. The molecular weight excluding hydrogens is 462 g/mol. The number of ether oxygens (including phenoxy) is 1. The minimum atomic E-state index is -3.88. The highest BCUT2D eigenvalue weighted by Gasteiger charge is 2.36. The lowest BCUT2D eigenvalue weighted by Gasteiger charge is -2.15. The molecule has 0 aliphatic heterocycles. The molecule has 0 radical (unpaired) electrons. The molecule has 0 aliphatic carbocycles. The number of hydrogen-bond acceptors (Lipinski definition) is 8. The average Bonchev–Trinajstić information content (AvgIpc) is 3.41. The standard InChI is InChI=1S/C23H23N3O5S2/c1-15-12-18(31-26-15)14-24-22(27)21(33(28,29)11-10-30-2)23-25-19-9-8-17(13-20(19)32-23)16-6-4-3-5-7-16/h3-9,12-13,21H,10-11,14H2,1-2H3,(H,24,27). The minimum absolute atomic E-state index is 0.0174. The van der Waals surface area contributed by atoms with E-state index in [4.69, 9.17) is 9.26 Å². The Hall–Kier alpha value is -3.08. The Balaban J connectivity index is 1.67. The number of amides is 1. The SMILES string of the molecule is COCCS(=O)(=O)C(C(=O)NCc1cc(C)no1)c1nc2ccc(-c3ccccc3)cc2s1. The Labute approximate surface area is 195 Å². The summed E-state index contributed by atoms with van der Waals surface area (Å²) in [4.78, 5) is 17.6. The first-order valence-electron chi connectivity index (χ1n) is 10.2. The predicted molar refractivity (Wildman–Crippen MR) is 127 cm³/mol. The molecular formula is C23H23N3O5S2. The predicted octanol–water partition coefficient (Wildman–Crippen LogP) is 3.68. The molecule has 172 valence electrons. The number of aromatic nitrogens is 2. The van der Waals surface area contributed by atoms with E-state index in [-0.39, 0.29) is 23.9 Å². The number of rotatable bonds is 9. The van der Waals surface area contributed by atoms with Crippen LogP contribution in [0.5, 0.6) is 0 Å².